The lowest BCUT2D eigenvalue weighted by molar-refractivity contribution is 0.574. The molecule has 5 nitrogen and oxygen atoms in total. The Morgan fingerprint density at radius 1 is 1.50 bits per heavy atom. The predicted octanol–water partition coefficient (Wildman–Crippen LogP) is 1.41. The van der Waals surface area contributed by atoms with Gasteiger partial charge in [0.1, 0.15) is 0 Å². The van der Waals surface area contributed by atoms with Gasteiger partial charge in [0.15, 0.2) is 9.84 Å². The zero-order valence-electron chi connectivity index (χ0n) is 9.25. The third kappa shape index (κ3) is 3.02. The third-order valence-electron chi connectivity index (χ3n) is 2.37. The summed E-state index contributed by atoms with van der Waals surface area (Å²) in [6.07, 6.45) is 1.35. The van der Waals surface area contributed by atoms with Gasteiger partial charge in [0.2, 0.25) is 10.0 Å². The second kappa shape index (κ2) is 4.71. The monoisotopic (exact) mass is 371 g/mol. The predicted molar refractivity (Wildman–Crippen MR) is 73.8 cm³/mol. The maximum atomic E-state index is 12.1. The van der Waals surface area contributed by atoms with Gasteiger partial charge in [-0.2, -0.15) is 0 Å². The normalized spacial score (nSPS) is 22.4. The SMILES string of the molecule is Cc1sc(Br)cc1S(=O)(=O)NC1C=CS(=O)(=O)C1. The molecule has 0 aromatic carbocycles. The van der Waals surface area contributed by atoms with Crippen molar-refractivity contribution < 1.29 is 16.8 Å². The Morgan fingerprint density at radius 2 is 2.17 bits per heavy atom. The Morgan fingerprint density at radius 3 is 2.61 bits per heavy atom. The van der Waals surface area contributed by atoms with E-state index in [9.17, 15) is 16.8 Å². The summed E-state index contributed by atoms with van der Waals surface area (Å²) in [7, 11) is -6.96. The van der Waals surface area contributed by atoms with E-state index < -0.39 is 25.9 Å². The molecule has 1 N–H and O–H groups in total. The fraction of sp³-hybridized carbons (Fsp3) is 0.333. The molecule has 2 rings (SSSR count). The Kier molecular flexibility index (Phi) is 3.72. The number of halogens is 1. The molecule has 2 heterocycles. The van der Waals surface area contributed by atoms with Gasteiger partial charge in [0.05, 0.1) is 20.5 Å². The summed E-state index contributed by atoms with van der Waals surface area (Å²) in [5, 5.41) is 1.04. The molecule has 9 heteroatoms. The molecule has 1 aromatic heterocycles. The molecule has 0 saturated carbocycles. The van der Waals surface area contributed by atoms with Gasteiger partial charge in [-0.05, 0) is 28.9 Å². The summed E-state index contributed by atoms with van der Waals surface area (Å²) < 4.78 is 49.7. The third-order valence-corrected chi connectivity index (χ3v) is 7.06. The number of sulfonamides is 1. The van der Waals surface area contributed by atoms with Crippen molar-refractivity contribution in [2.24, 2.45) is 0 Å². The topological polar surface area (TPSA) is 80.3 Å². The van der Waals surface area contributed by atoms with Gasteiger partial charge in [0.25, 0.3) is 0 Å². The van der Waals surface area contributed by atoms with Crippen molar-refractivity contribution in [2.75, 3.05) is 5.75 Å². The quantitative estimate of drug-likeness (QED) is 0.870. The van der Waals surface area contributed by atoms with Gasteiger partial charge < -0.3 is 0 Å². The maximum absolute atomic E-state index is 12.1. The van der Waals surface area contributed by atoms with Gasteiger partial charge in [-0.3, -0.25) is 0 Å². The number of aryl methyl sites for hydroxylation is 1. The number of sulfone groups is 1. The molecule has 1 atom stereocenters. The lowest BCUT2D eigenvalue weighted by Gasteiger charge is -2.10. The van der Waals surface area contributed by atoms with Crippen LogP contribution in [0.4, 0.5) is 0 Å². The van der Waals surface area contributed by atoms with Crippen LogP contribution >= 0.6 is 27.3 Å². The van der Waals surface area contributed by atoms with Crippen LogP contribution in [0.2, 0.25) is 0 Å². The largest absolute Gasteiger partial charge is 0.242 e. The van der Waals surface area contributed by atoms with Crippen LogP contribution in [0.25, 0.3) is 0 Å². The minimum absolute atomic E-state index is 0.178. The first kappa shape index (κ1) is 14.2. The van der Waals surface area contributed by atoms with Crippen LogP contribution in [0, 0.1) is 6.92 Å². The molecule has 0 bridgehead atoms. The lowest BCUT2D eigenvalue weighted by atomic mass is 10.4. The lowest BCUT2D eigenvalue weighted by Crippen LogP contribution is -2.35. The van der Waals surface area contributed by atoms with E-state index in [1.54, 1.807) is 6.92 Å². The van der Waals surface area contributed by atoms with Gasteiger partial charge >= 0.3 is 0 Å². The van der Waals surface area contributed by atoms with Crippen LogP contribution < -0.4 is 4.72 Å². The second-order valence-electron chi connectivity index (χ2n) is 3.86. The van der Waals surface area contributed by atoms with Gasteiger partial charge in [-0.15, -0.1) is 11.3 Å². The first-order valence-corrected chi connectivity index (χ1v) is 9.70. The van der Waals surface area contributed by atoms with Gasteiger partial charge in [-0.1, -0.05) is 6.08 Å². The highest BCUT2D eigenvalue weighted by Gasteiger charge is 2.28. The van der Waals surface area contributed by atoms with E-state index in [0.717, 1.165) is 9.19 Å². The molecule has 1 aromatic rings. The average molecular weight is 372 g/mol. The second-order valence-corrected chi connectivity index (χ2v) is 10.1. The standard InChI is InChI=1S/C9H10BrNO4S3/c1-6-8(4-9(10)16-6)18(14,15)11-7-2-3-17(12,13)5-7/h2-4,7,11H,5H2,1H3. The molecule has 0 radical (unpaired) electrons. The summed E-state index contributed by atoms with van der Waals surface area (Å²) in [4.78, 5) is 0.830. The van der Waals surface area contributed by atoms with Crippen LogP contribution in [-0.2, 0) is 19.9 Å². The fourth-order valence-electron chi connectivity index (χ4n) is 1.61. The molecule has 0 fully saturated rings. The van der Waals surface area contributed by atoms with Crippen LogP contribution in [0.5, 0.6) is 0 Å². The van der Waals surface area contributed by atoms with E-state index in [4.69, 9.17) is 0 Å². The van der Waals surface area contributed by atoms with Gasteiger partial charge in [0, 0.05) is 10.3 Å². The van der Waals surface area contributed by atoms with Gasteiger partial charge in [-0.25, -0.2) is 21.6 Å². The number of nitrogens with one attached hydrogen (secondary N) is 1. The molecule has 1 aliphatic heterocycles. The molecule has 0 saturated heterocycles. The molecule has 18 heavy (non-hydrogen) atoms. The smallest absolute Gasteiger partial charge is 0.224 e. The first-order chi connectivity index (χ1) is 8.20. The zero-order chi connectivity index (χ0) is 13.6. The van der Waals surface area contributed by atoms with E-state index in [1.807, 2.05) is 0 Å². The first-order valence-electron chi connectivity index (χ1n) is 4.89. The molecule has 0 aliphatic carbocycles. The highest BCUT2D eigenvalue weighted by molar-refractivity contribution is 9.11. The van der Waals surface area contributed by atoms with E-state index in [1.165, 1.54) is 23.5 Å². The number of hydrogen-bond acceptors (Lipinski definition) is 5. The molecular weight excluding hydrogens is 362 g/mol. The van der Waals surface area contributed by atoms with Crippen molar-refractivity contribution in [3.63, 3.8) is 0 Å². The van der Waals surface area contributed by atoms with E-state index in [0.29, 0.717) is 4.88 Å². The Hall–Kier alpha value is -0.220. The van der Waals surface area contributed by atoms with Crippen LogP contribution in [0.15, 0.2) is 26.2 Å². The Labute approximate surface area is 118 Å². The van der Waals surface area contributed by atoms with Crippen LogP contribution in [0.3, 0.4) is 0 Å². The van der Waals surface area contributed by atoms with E-state index in [2.05, 4.69) is 20.7 Å². The average Bonchev–Trinajstić information content (AvgIpc) is 2.69. The summed E-state index contributed by atoms with van der Waals surface area (Å²) in [5.74, 6) is -0.226. The van der Waals surface area contributed by atoms with Crippen molar-refractivity contribution in [3.05, 3.63) is 26.2 Å². The van der Waals surface area contributed by atoms with Crippen molar-refractivity contribution in [2.45, 2.75) is 17.9 Å². The van der Waals surface area contributed by atoms with Crippen molar-refractivity contribution >= 4 is 47.1 Å². The Bertz CT molecular complexity index is 702. The molecule has 0 spiro atoms. The number of thiophene rings is 1. The van der Waals surface area contributed by atoms with E-state index >= 15 is 0 Å². The molecule has 0 amide bonds. The molecular formula is C9H10BrNO4S3. The summed E-state index contributed by atoms with van der Waals surface area (Å²) in [6, 6.07) is 0.813. The number of hydrogen-bond donors (Lipinski definition) is 1. The van der Waals surface area contributed by atoms with Crippen LogP contribution in [-0.4, -0.2) is 28.6 Å². The summed E-state index contributed by atoms with van der Waals surface area (Å²) >= 11 is 4.54. The minimum atomic E-state index is -3.69. The maximum Gasteiger partial charge on any atom is 0.242 e. The number of rotatable bonds is 3. The summed E-state index contributed by atoms with van der Waals surface area (Å²) in [5.41, 5.74) is 0. The Balaban J connectivity index is 2.24. The van der Waals surface area contributed by atoms with Crippen molar-refractivity contribution in [3.8, 4) is 0 Å². The summed E-state index contributed by atoms with van der Waals surface area (Å²) in [6.45, 7) is 1.70. The zero-order valence-corrected chi connectivity index (χ0v) is 13.3. The van der Waals surface area contributed by atoms with Crippen LogP contribution in [0.1, 0.15) is 4.88 Å². The molecule has 1 unspecified atom stereocenters. The molecule has 1 aliphatic rings. The minimum Gasteiger partial charge on any atom is -0.224 e. The van der Waals surface area contributed by atoms with Crippen molar-refractivity contribution in [1.82, 2.24) is 4.72 Å². The van der Waals surface area contributed by atoms with Crippen molar-refractivity contribution in [1.29, 1.82) is 0 Å². The van der Waals surface area contributed by atoms with E-state index in [-0.39, 0.29) is 10.6 Å². The highest BCUT2D eigenvalue weighted by atomic mass is 79.9. The highest BCUT2D eigenvalue weighted by Crippen LogP contribution is 2.29. The fourth-order valence-corrected chi connectivity index (χ4v) is 6.56. The molecule has 100 valence electrons.